The standard InChI is InChI=1S/C10H13N2/c1-2-4-9(5-3-1)10-8-11-6-7-12-10/h1-5,10-11H,6-8H2/q-1/t10-/m0/s1. The molecule has 2 heteroatoms. The zero-order valence-electron chi connectivity index (χ0n) is 7.03. The topological polar surface area (TPSA) is 26.1 Å². The molecule has 0 spiro atoms. The molecule has 1 heterocycles. The van der Waals surface area contributed by atoms with Gasteiger partial charge in [-0.05, 0) is 13.1 Å². The van der Waals surface area contributed by atoms with Crippen LogP contribution in [0.5, 0.6) is 0 Å². The highest BCUT2D eigenvalue weighted by atomic mass is 15.0. The number of nitrogens with one attached hydrogen (secondary N) is 1. The zero-order chi connectivity index (χ0) is 8.23. The van der Waals surface area contributed by atoms with Gasteiger partial charge in [0.25, 0.3) is 0 Å². The quantitative estimate of drug-likeness (QED) is 0.666. The van der Waals surface area contributed by atoms with Crippen LogP contribution in [-0.4, -0.2) is 19.6 Å². The molecule has 0 unspecified atom stereocenters. The van der Waals surface area contributed by atoms with E-state index in [2.05, 4.69) is 34.9 Å². The van der Waals surface area contributed by atoms with Crippen molar-refractivity contribution in [2.45, 2.75) is 6.04 Å². The maximum absolute atomic E-state index is 4.54. The predicted octanol–water partition coefficient (Wildman–Crippen LogP) is 1.70. The fourth-order valence-electron chi connectivity index (χ4n) is 1.50. The van der Waals surface area contributed by atoms with Crippen molar-refractivity contribution in [1.29, 1.82) is 0 Å². The molecule has 0 amide bonds. The van der Waals surface area contributed by atoms with Crippen molar-refractivity contribution in [3.63, 3.8) is 0 Å². The summed E-state index contributed by atoms with van der Waals surface area (Å²) in [6, 6.07) is 10.8. The van der Waals surface area contributed by atoms with Gasteiger partial charge in [-0.2, -0.15) is 0 Å². The molecular weight excluding hydrogens is 148 g/mol. The summed E-state index contributed by atoms with van der Waals surface area (Å²) in [7, 11) is 0. The molecule has 0 aliphatic carbocycles. The third-order valence-corrected chi connectivity index (χ3v) is 2.16. The molecule has 1 N–H and O–H groups in total. The molecule has 0 saturated carbocycles. The lowest BCUT2D eigenvalue weighted by molar-refractivity contribution is 0.583. The van der Waals surface area contributed by atoms with E-state index in [0.717, 1.165) is 19.6 Å². The van der Waals surface area contributed by atoms with Crippen molar-refractivity contribution in [1.82, 2.24) is 5.32 Å². The Labute approximate surface area is 73.0 Å². The Hall–Kier alpha value is -0.860. The van der Waals surface area contributed by atoms with Crippen LogP contribution in [0.1, 0.15) is 11.6 Å². The Balaban J connectivity index is 2.08. The lowest BCUT2D eigenvalue weighted by atomic mass is 10.1. The summed E-state index contributed by atoms with van der Waals surface area (Å²) in [6.07, 6.45) is 0. The SMILES string of the molecule is c1ccc([C@@H]2CNCC[N-]2)cc1. The predicted molar refractivity (Wildman–Crippen MR) is 50.3 cm³/mol. The minimum atomic E-state index is 0.375. The van der Waals surface area contributed by atoms with Gasteiger partial charge in [0.05, 0.1) is 0 Å². The number of hydrogen-bond acceptors (Lipinski definition) is 1. The van der Waals surface area contributed by atoms with Crippen LogP contribution in [-0.2, 0) is 0 Å². The van der Waals surface area contributed by atoms with Crippen LogP contribution in [0.4, 0.5) is 0 Å². The van der Waals surface area contributed by atoms with Crippen molar-refractivity contribution in [2.75, 3.05) is 19.6 Å². The summed E-state index contributed by atoms with van der Waals surface area (Å²) >= 11 is 0. The van der Waals surface area contributed by atoms with Crippen molar-refractivity contribution < 1.29 is 0 Å². The van der Waals surface area contributed by atoms with Crippen LogP contribution < -0.4 is 5.32 Å². The number of hydrogen-bond donors (Lipinski definition) is 1. The van der Waals surface area contributed by atoms with Gasteiger partial charge in [0.15, 0.2) is 0 Å². The van der Waals surface area contributed by atoms with Crippen LogP contribution in [0, 0.1) is 0 Å². The van der Waals surface area contributed by atoms with Gasteiger partial charge in [-0.25, -0.2) is 0 Å². The molecule has 1 fully saturated rings. The number of benzene rings is 1. The first kappa shape index (κ1) is 7.77. The van der Waals surface area contributed by atoms with E-state index in [0.29, 0.717) is 6.04 Å². The van der Waals surface area contributed by atoms with Crippen LogP contribution >= 0.6 is 0 Å². The fraction of sp³-hybridized carbons (Fsp3) is 0.400. The van der Waals surface area contributed by atoms with Crippen LogP contribution in [0.25, 0.3) is 5.32 Å². The lowest BCUT2D eigenvalue weighted by Gasteiger charge is -2.37. The minimum Gasteiger partial charge on any atom is -0.654 e. The molecule has 1 aliphatic rings. The molecule has 0 bridgehead atoms. The summed E-state index contributed by atoms with van der Waals surface area (Å²) in [5, 5.41) is 7.88. The molecule has 0 aromatic heterocycles. The molecule has 1 aromatic carbocycles. The second-order valence-electron chi connectivity index (χ2n) is 3.04. The normalized spacial score (nSPS) is 23.8. The van der Waals surface area contributed by atoms with E-state index in [-0.39, 0.29) is 0 Å². The van der Waals surface area contributed by atoms with Gasteiger partial charge < -0.3 is 10.6 Å². The van der Waals surface area contributed by atoms with Gasteiger partial charge in [-0.1, -0.05) is 41.9 Å². The Morgan fingerprint density at radius 3 is 2.75 bits per heavy atom. The molecule has 1 atom stereocenters. The van der Waals surface area contributed by atoms with Crippen molar-refractivity contribution in [2.24, 2.45) is 0 Å². The van der Waals surface area contributed by atoms with E-state index in [1.54, 1.807) is 0 Å². The molecule has 1 aliphatic heterocycles. The molecule has 1 saturated heterocycles. The Morgan fingerprint density at radius 1 is 1.25 bits per heavy atom. The highest BCUT2D eigenvalue weighted by Crippen LogP contribution is 2.22. The van der Waals surface area contributed by atoms with E-state index in [9.17, 15) is 0 Å². The molecular formula is C10H13N2-. The zero-order valence-corrected chi connectivity index (χ0v) is 7.03. The highest BCUT2D eigenvalue weighted by Gasteiger charge is 2.02. The van der Waals surface area contributed by atoms with Gasteiger partial charge in [-0.15, -0.1) is 6.54 Å². The second kappa shape index (κ2) is 3.70. The van der Waals surface area contributed by atoms with Gasteiger partial charge in [0, 0.05) is 0 Å². The fourth-order valence-corrected chi connectivity index (χ4v) is 1.50. The molecule has 2 nitrogen and oxygen atoms in total. The van der Waals surface area contributed by atoms with Gasteiger partial charge in [0.1, 0.15) is 0 Å². The van der Waals surface area contributed by atoms with Crippen LogP contribution in [0.3, 0.4) is 0 Å². The Morgan fingerprint density at radius 2 is 2.08 bits per heavy atom. The molecule has 64 valence electrons. The average molecular weight is 161 g/mol. The monoisotopic (exact) mass is 161 g/mol. The number of nitrogens with zero attached hydrogens (tertiary/aromatic N) is 1. The van der Waals surface area contributed by atoms with Gasteiger partial charge in [0.2, 0.25) is 0 Å². The van der Waals surface area contributed by atoms with Crippen LogP contribution in [0.15, 0.2) is 30.3 Å². The first-order valence-corrected chi connectivity index (χ1v) is 4.39. The summed E-state index contributed by atoms with van der Waals surface area (Å²) in [6.45, 7) is 2.97. The van der Waals surface area contributed by atoms with Gasteiger partial charge in [-0.3, -0.25) is 0 Å². The first-order chi connectivity index (χ1) is 5.97. The Kier molecular flexibility index (Phi) is 2.39. The van der Waals surface area contributed by atoms with Crippen molar-refractivity contribution in [3.05, 3.63) is 41.2 Å². The van der Waals surface area contributed by atoms with Gasteiger partial charge >= 0.3 is 0 Å². The summed E-state index contributed by atoms with van der Waals surface area (Å²) in [5.41, 5.74) is 1.32. The largest absolute Gasteiger partial charge is 0.654 e. The highest BCUT2D eigenvalue weighted by molar-refractivity contribution is 5.24. The van der Waals surface area contributed by atoms with Crippen LogP contribution in [0.2, 0.25) is 0 Å². The summed E-state index contributed by atoms with van der Waals surface area (Å²) in [5.74, 6) is 0. The van der Waals surface area contributed by atoms with E-state index < -0.39 is 0 Å². The second-order valence-corrected chi connectivity index (χ2v) is 3.04. The maximum Gasteiger partial charge on any atom is -0.0171 e. The molecule has 1 aromatic rings. The smallest absolute Gasteiger partial charge is 0.0171 e. The number of rotatable bonds is 1. The third kappa shape index (κ3) is 1.65. The Bertz CT molecular complexity index is 227. The van der Waals surface area contributed by atoms with Crippen molar-refractivity contribution >= 4 is 0 Å². The molecule has 12 heavy (non-hydrogen) atoms. The maximum atomic E-state index is 4.54. The van der Waals surface area contributed by atoms with E-state index in [1.807, 2.05) is 6.07 Å². The summed E-state index contributed by atoms with van der Waals surface area (Å²) < 4.78 is 0. The molecule has 2 rings (SSSR count). The van der Waals surface area contributed by atoms with Crippen molar-refractivity contribution in [3.8, 4) is 0 Å². The molecule has 0 radical (unpaired) electrons. The first-order valence-electron chi connectivity index (χ1n) is 4.39. The third-order valence-electron chi connectivity index (χ3n) is 2.16. The number of piperazine rings is 1. The van der Waals surface area contributed by atoms with E-state index in [4.69, 9.17) is 0 Å². The average Bonchev–Trinajstić information content (AvgIpc) is 2.21. The van der Waals surface area contributed by atoms with E-state index in [1.165, 1.54) is 5.56 Å². The van der Waals surface area contributed by atoms with E-state index >= 15 is 0 Å². The summed E-state index contributed by atoms with van der Waals surface area (Å²) in [4.78, 5) is 0. The minimum absolute atomic E-state index is 0.375. The lowest BCUT2D eigenvalue weighted by Crippen LogP contribution is -2.30.